The van der Waals surface area contributed by atoms with Crippen LogP contribution in [0.1, 0.15) is 20.3 Å². The van der Waals surface area contributed by atoms with E-state index < -0.39 is 54.3 Å². The van der Waals surface area contributed by atoms with Crippen molar-refractivity contribution in [1.82, 2.24) is 0 Å². The molecule has 0 aromatic rings. The fourth-order valence-corrected chi connectivity index (χ4v) is 1.53. The zero-order chi connectivity index (χ0) is 21.1. The summed E-state index contributed by atoms with van der Waals surface area (Å²) < 4.78 is 120. The molecular weight excluding hydrogens is 391 g/mol. The van der Waals surface area contributed by atoms with Crippen molar-refractivity contribution in [3.05, 3.63) is 12.2 Å². The Labute approximate surface area is 140 Å². The van der Waals surface area contributed by atoms with Gasteiger partial charge in [-0.25, -0.2) is 9.59 Å². The van der Waals surface area contributed by atoms with Crippen LogP contribution in [0, 0.1) is 5.92 Å². The van der Waals surface area contributed by atoms with Crippen molar-refractivity contribution < 1.29 is 58.9 Å². The smallest absolute Gasteiger partial charge is 0.460 e. The Kier molecular flexibility index (Phi) is 7.16. The molecule has 0 aliphatic carbocycles. The monoisotopic (exact) mass is 404 g/mol. The van der Waals surface area contributed by atoms with E-state index in [0.29, 0.717) is 0 Å². The summed E-state index contributed by atoms with van der Waals surface area (Å²) >= 11 is 0. The molecule has 0 fully saturated rings. The second-order valence-corrected chi connectivity index (χ2v) is 5.45. The first-order valence-electron chi connectivity index (χ1n) is 6.68. The summed E-state index contributed by atoms with van der Waals surface area (Å²) in [6.45, 7) is 2.07. The number of hydrogen-bond acceptors (Lipinski definition) is 3. The van der Waals surface area contributed by atoms with Crippen molar-refractivity contribution in [2.45, 2.75) is 50.3 Å². The lowest BCUT2D eigenvalue weighted by Crippen LogP contribution is -2.61. The minimum absolute atomic E-state index is 0.213. The molecule has 0 saturated carbocycles. The first kappa shape index (κ1) is 24.1. The molecule has 152 valence electrons. The maximum atomic E-state index is 13.6. The van der Waals surface area contributed by atoms with Crippen molar-refractivity contribution in [1.29, 1.82) is 0 Å². The van der Waals surface area contributed by atoms with E-state index in [9.17, 15) is 49.1 Å². The molecule has 0 aliphatic rings. The van der Waals surface area contributed by atoms with Crippen molar-refractivity contribution in [3.63, 3.8) is 0 Å². The standard InChI is InChI=1S/C13H13F9O4/c1-6(2)7(26-9(25)4-3-8(23)24)5-10(14,15)11(16,17)12(18,19)13(20,21)22/h3-4,6-7H,5H2,1-2H3,(H,23,24)/b4-3+. The second kappa shape index (κ2) is 7.74. The summed E-state index contributed by atoms with van der Waals surface area (Å²) in [7, 11) is 0. The summed E-state index contributed by atoms with van der Waals surface area (Å²) in [6.07, 6.45) is -11.1. The Morgan fingerprint density at radius 3 is 1.73 bits per heavy atom. The predicted molar refractivity (Wildman–Crippen MR) is 67.0 cm³/mol. The highest BCUT2D eigenvalue weighted by atomic mass is 19.4. The number of aliphatic carboxylic acids is 1. The summed E-state index contributed by atoms with van der Waals surface area (Å²) in [5, 5.41) is 8.26. The zero-order valence-corrected chi connectivity index (χ0v) is 13.1. The van der Waals surface area contributed by atoms with Gasteiger partial charge in [0.15, 0.2) is 0 Å². The van der Waals surface area contributed by atoms with Crippen LogP contribution >= 0.6 is 0 Å². The van der Waals surface area contributed by atoms with Gasteiger partial charge in [0, 0.05) is 12.2 Å². The molecule has 0 aliphatic heterocycles. The Morgan fingerprint density at radius 2 is 1.38 bits per heavy atom. The number of carboxylic acid groups (broad SMARTS) is 1. The maximum absolute atomic E-state index is 13.6. The lowest BCUT2D eigenvalue weighted by Gasteiger charge is -2.35. The lowest BCUT2D eigenvalue weighted by molar-refractivity contribution is -0.398. The van der Waals surface area contributed by atoms with Gasteiger partial charge in [0.05, 0.1) is 6.42 Å². The molecule has 0 aromatic carbocycles. The molecule has 4 nitrogen and oxygen atoms in total. The third-order valence-corrected chi connectivity index (χ3v) is 3.04. The Balaban J connectivity index is 5.56. The fourth-order valence-electron chi connectivity index (χ4n) is 1.53. The molecule has 0 amide bonds. The van der Waals surface area contributed by atoms with Gasteiger partial charge in [0.1, 0.15) is 6.10 Å². The van der Waals surface area contributed by atoms with Gasteiger partial charge in [0.25, 0.3) is 0 Å². The molecule has 0 rings (SSSR count). The van der Waals surface area contributed by atoms with Crippen LogP contribution in [0.15, 0.2) is 12.2 Å². The summed E-state index contributed by atoms with van der Waals surface area (Å²) in [5.74, 6) is -24.2. The Hall–Kier alpha value is -1.95. The Bertz CT molecular complexity index is 552. The van der Waals surface area contributed by atoms with Crippen LogP contribution in [0.3, 0.4) is 0 Å². The zero-order valence-electron chi connectivity index (χ0n) is 13.1. The molecule has 0 saturated heterocycles. The van der Waals surface area contributed by atoms with E-state index in [4.69, 9.17) is 5.11 Å². The molecular formula is C13H13F9O4. The molecule has 1 atom stereocenters. The van der Waals surface area contributed by atoms with Gasteiger partial charge in [0.2, 0.25) is 0 Å². The van der Waals surface area contributed by atoms with Crippen molar-refractivity contribution in [3.8, 4) is 0 Å². The molecule has 0 radical (unpaired) electrons. The van der Waals surface area contributed by atoms with Crippen LogP contribution < -0.4 is 0 Å². The molecule has 0 heterocycles. The molecule has 0 spiro atoms. The highest BCUT2D eigenvalue weighted by Gasteiger charge is 2.81. The van der Waals surface area contributed by atoms with E-state index in [2.05, 4.69) is 4.74 Å². The largest absolute Gasteiger partial charge is 0.478 e. The summed E-state index contributed by atoms with van der Waals surface area (Å²) in [6, 6.07) is 0. The number of carbonyl (C=O) groups excluding carboxylic acids is 1. The molecule has 26 heavy (non-hydrogen) atoms. The fraction of sp³-hybridized carbons (Fsp3) is 0.692. The maximum Gasteiger partial charge on any atom is 0.460 e. The van der Waals surface area contributed by atoms with E-state index in [1.54, 1.807) is 0 Å². The predicted octanol–water partition coefficient (Wildman–Crippen LogP) is 4.05. The topological polar surface area (TPSA) is 63.6 Å². The molecule has 1 N–H and O–H groups in total. The number of hydrogen-bond donors (Lipinski definition) is 1. The van der Waals surface area contributed by atoms with Crippen molar-refractivity contribution in [2.75, 3.05) is 0 Å². The highest BCUT2D eigenvalue weighted by Crippen LogP contribution is 2.54. The first-order chi connectivity index (χ1) is 11.4. The van der Waals surface area contributed by atoms with E-state index in [0.717, 1.165) is 13.8 Å². The van der Waals surface area contributed by atoms with Gasteiger partial charge in [-0.05, 0) is 5.92 Å². The lowest BCUT2D eigenvalue weighted by atomic mass is 9.93. The molecule has 13 heteroatoms. The van der Waals surface area contributed by atoms with E-state index in [-0.39, 0.29) is 12.2 Å². The van der Waals surface area contributed by atoms with Gasteiger partial charge < -0.3 is 9.84 Å². The number of alkyl halides is 9. The number of carbonyl (C=O) groups is 2. The van der Waals surface area contributed by atoms with Crippen molar-refractivity contribution in [2.24, 2.45) is 5.92 Å². The summed E-state index contributed by atoms with van der Waals surface area (Å²) in [5.41, 5.74) is 0. The molecule has 0 aromatic heterocycles. The Morgan fingerprint density at radius 1 is 0.923 bits per heavy atom. The number of carboxylic acids is 1. The third-order valence-electron chi connectivity index (χ3n) is 3.04. The average Bonchev–Trinajstić information content (AvgIpc) is 2.42. The van der Waals surface area contributed by atoms with Crippen LogP contribution in [0.25, 0.3) is 0 Å². The quantitative estimate of drug-likeness (QED) is 0.377. The summed E-state index contributed by atoms with van der Waals surface area (Å²) in [4.78, 5) is 21.4. The van der Waals surface area contributed by atoms with Gasteiger partial charge in [-0.2, -0.15) is 39.5 Å². The third kappa shape index (κ3) is 5.27. The molecule has 1 unspecified atom stereocenters. The number of halogens is 9. The van der Waals surface area contributed by atoms with E-state index >= 15 is 0 Å². The van der Waals surface area contributed by atoms with E-state index in [1.807, 2.05) is 0 Å². The normalized spacial score (nSPS) is 15.4. The van der Waals surface area contributed by atoms with Crippen LogP contribution in [-0.2, 0) is 14.3 Å². The minimum atomic E-state index is -7.04. The second-order valence-electron chi connectivity index (χ2n) is 5.45. The van der Waals surface area contributed by atoms with Crippen LogP contribution in [0.2, 0.25) is 0 Å². The number of ether oxygens (including phenoxy) is 1. The van der Waals surface area contributed by atoms with Crippen molar-refractivity contribution >= 4 is 11.9 Å². The van der Waals surface area contributed by atoms with E-state index in [1.165, 1.54) is 0 Å². The van der Waals surface area contributed by atoms with Gasteiger partial charge in [-0.1, -0.05) is 13.8 Å². The van der Waals surface area contributed by atoms with Crippen LogP contribution in [0.5, 0.6) is 0 Å². The number of rotatable bonds is 8. The SMILES string of the molecule is CC(C)C(CC(F)(F)C(F)(F)C(F)(F)C(F)(F)F)OC(=O)/C=C/C(=O)O. The highest BCUT2D eigenvalue weighted by molar-refractivity contribution is 5.90. The average molecular weight is 404 g/mol. The van der Waals surface area contributed by atoms with Crippen LogP contribution in [-0.4, -0.2) is 47.1 Å². The van der Waals surface area contributed by atoms with Gasteiger partial charge in [-0.15, -0.1) is 0 Å². The van der Waals surface area contributed by atoms with Crippen LogP contribution in [0.4, 0.5) is 39.5 Å². The first-order valence-corrected chi connectivity index (χ1v) is 6.68. The van der Waals surface area contributed by atoms with Gasteiger partial charge in [-0.3, -0.25) is 0 Å². The minimum Gasteiger partial charge on any atom is -0.478 e. The van der Waals surface area contributed by atoms with Gasteiger partial charge >= 0.3 is 35.9 Å². The number of esters is 1. The molecule has 0 bridgehead atoms.